The fourth-order valence-corrected chi connectivity index (χ4v) is 4.37. The van der Waals surface area contributed by atoms with E-state index in [4.69, 9.17) is 0 Å². The fourth-order valence-electron chi connectivity index (χ4n) is 4.37. The third-order valence-corrected chi connectivity index (χ3v) is 6.12. The second-order valence-electron chi connectivity index (χ2n) is 8.24. The molecule has 1 fully saturated rings. The predicted molar refractivity (Wildman–Crippen MR) is 122 cm³/mol. The molecule has 3 aromatic carbocycles. The molecular formula is C25H23F3N6. The number of anilines is 1. The van der Waals surface area contributed by atoms with Crippen molar-refractivity contribution < 1.29 is 13.2 Å². The van der Waals surface area contributed by atoms with Crippen LogP contribution in [0.2, 0.25) is 0 Å². The van der Waals surface area contributed by atoms with Gasteiger partial charge in [-0.1, -0.05) is 30.3 Å². The summed E-state index contributed by atoms with van der Waals surface area (Å²) in [7, 11) is 0. The van der Waals surface area contributed by atoms with Gasteiger partial charge < -0.3 is 4.90 Å². The highest BCUT2D eigenvalue weighted by Gasteiger charge is 2.32. The van der Waals surface area contributed by atoms with E-state index in [1.54, 1.807) is 47.1 Å². The number of hydrogen-bond acceptors (Lipinski definition) is 5. The summed E-state index contributed by atoms with van der Waals surface area (Å²) in [6.07, 6.45) is 0. The van der Waals surface area contributed by atoms with E-state index >= 15 is 0 Å². The topological polar surface area (TPSA) is 50.1 Å². The normalized spacial score (nSPS) is 15.4. The molecule has 1 aliphatic heterocycles. The molecule has 1 aromatic heterocycles. The van der Waals surface area contributed by atoms with E-state index in [2.05, 4.69) is 25.3 Å². The molecule has 0 saturated carbocycles. The molecule has 0 N–H and O–H groups in total. The van der Waals surface area contributed by atoms with Crippen molar-refractivity contribution in [3.05, 3.63) is 107 Å². The smallest absolute Gasteiger partial charge is 0.173 e. The standard InChI is InChI=1S/C25H23F3N6/c26-19-7-5-18(6-8-19)17-34-25(29-30-31-34)24(22-3-1-2-4-23(22)28)33-15-13-32(14-16-33)21-11-9-20(27)10-12-21/h1-12,24H,13-17H2/t24-/m0/s1. The molecule has 1 atom stereocenters. The first-order valence-corrected chi connectivity index (χ1v) is 11.1. The molecule has 2 heterocycles. The van der Waals surface area contributed by atoms with Crippen LogP contribution < -0.4 is 4.90 Å². The van der Waals surface area contributed by atoms with Crippen LogP contribution in [-0.4, -0.2) is 51.3 Å². The van der Waals surface area contributed by atoms with Gasteiger partial charge >= 0.3 is 0 Å². The number of tetrazole rings is 1. The Labute approximate surface area is 195 Å². The quantitative estimate of drug-likeness (QED) is 0.431. The third kappa shape index (κ3) is 4.65. The van der Waals surface area contributed by atoms with Gasteiger partial charge in [0.25, 0.3) is 0 Å². The molecule has 5 rings (SSSR count). The zero-order chi connectivity index (χ0) is 23.5. The molecule has 0 aliphatic carbocycles. The highest BCUT2D eigenvalue weighted by molar-refractivity contribution is 5.46. The molecule has 4 aromatic rings. The number of benzene rings is 3. The van der Waals surface area contributed by atoms with E-state index in [-0.39, 0.29) is 17.5 Å². The molecule has 0 radical (unpaired) electrons. The molecule has 6 nitrogen and oxygen atoms in total. The molecule has 1 aliphatic rings. The van der Waals surface area contributed by atoms with E-state index in [0.29, 0.717) is 44.1 Å². The van der Waals surface area contributed by atoms with Gasteiger partial charge in [-0.15, -0.1) is 5.10 Å². The first-order valence-electron chi connectivity index (χ1n) is 11.1. The Morgan fingerprint density at radius 3 is 2.09 bits per heavy atom. The minimum Gasteiger partial charge on any atom is -0.369 e. The van der Waals surface area contributed by atoms with Crippen LogP contribution >= 0.6 is 0 Å². The third-order valence-electron chi connectivity index (χ3n) is 6.12. The van der Waals surface area contributed by atoms with E-state index in [1.165, 1.54) is 30.3 Å². The van der Waals surface area contributed by atoms with Crippen molar-refractivity contribution in [1.82, 2.24) is 25.1 Å². The maximum absolute atomic E-state index is 15.0. The SMILES string of the molecule is Fc1ccc(Cn2nnnc2[C@H](c2ccccc2F)N2CCN(c3ccc(F)cc3)CC2)cc1. The number of halogens is 3. The molecule has 0 amide bonds. The van der Waals surface area contributed by atoms with Crippen LogP contribution in [-0.2, 0) is 6.54 Å². The molecule has 174 valence electrons. The second kappa shape index (κ2) is 9.64. The number of nitrogens with zero attached hydrogens (tertiary/aromatic N) is 6. The van der Waals surface area contributed by atoms with Crippen molar-refractivity contribution >= 4 is 5.69 Å². The van der Waals surface area contributed by atoms with E-state index in [1.807, 2.05) is 0 Å². The van der Waals surface area contributed by atoms with Gasteiger partial charge in [-0.3, -0.25) is 4.90 Å². The van der Waals surface area contributed by atoms with Gasteiger partial charge in [-0.2, -0.15) is 0 Å². The lowest BCUT2D eigenvalue weighted by atomic mass is 10.0. The molecule has 0 spiro atoms. The lowest BCUT2D eigenvalue weighted by molar-refractivity contribution is 0.198. The van der Waals surface area contributed by atoms with Gasteiger partial charge in [-0.25, -0.2) is 17.9 Å². The summed E-state index contributed by atoms with van der Waals surface area (Å²) in [5.41, 5.74) is 2.28. The zero-order valence-corrected chi connectivity index (χ0v) is 18.4. The summed E-state index contributed by atoms with van der Waals surface area (Å²) in [5, 5.41) is 12.3. The molecule has 0 bridgehead atoms. The van der Waals surface area contributed by atoms with Crippen molar-refractivity contribution in [2.45, 2.75) is 12.6 Å². The minimum atomic E-state index is -0.494. The molecular weight excluding hydrogens is 441 g/mol. The number of aromatic nitrogens is 4. The lowest BCUT2D eigenvalue weighted by Crippen LogP contribution is -2.48. The Hall–Kier alpha value is -3.72. The summed E-state index contributed by atoms with van der Waals surface area (Å²) in [4.78, 5) is 4.33. The largest absolute Gasteiger partial charge is 0.369 e. The molecule has 34 heavy (non-hydrogen) atoms. The summed E-state index contributed by atoms with van der Waals surface area (Å²) in [6, 6.07) is 18.7. The van der Waals surface area contributed by atoms with Gasteiger partial charge in [0.15, 0.2) is 5.82 Å². The summed E-state index contributed by atoms with van der Waals surface area (Å²) >= 11 is 0. The van der Waals surface area contributed by atoms with Crippen LogP contribution in [0.15, 0.2) is 72.8 Å². The van der Waals surface area contributed by atoms with E-state index in [9.17, 15) is 13.2 Å². The fraction of sp³-hybridized carbons (Fsp3) is 0.240. The van der Waals surface area contributed by atoms with Gasteiger partial charge in [0.1, 0.15) is 23.5 Å². The van der Waals surface area contributed by atoms with Gasteiger partial charge in [0, 0.05) is 37.4 Å². The van der Waals surface area contributed by atoms with Crippen LogP contribution in [0, 0.1) is 17.5 Å². The Morgan fingerprint density at radius 1 is 0.765 bits per heavy atom. The zero-order valence-electron chi connectivity index (χ0n) is 18.4. The van der Waals surface area contributed by atoms with Crippen LogP contribution in [0.1, 0.15) is 23.0 Å². The number of rotatable bonds is 6. The lowest BCUT2D eigenvalue weighted by Gasteiger charge is -2.40. The summed E-state index contributed by atoms with van der Waals surface area (Å²) in [5.74, 6) is -0.395. The van der Waals surface area contributed by atoms with Crippen molar-refractivity contribution in [3.63, 3.8) is 0 Å². The first kappa shape index (κ1) is 22.1. The predicted octanol–water partition coefficient (Wildman–Crippen LogP) is 4.05. The summed E-state index contributed by atoms with van der Waals surface area (Å²) < 4.78 is 43.3. The number of hydrogen-bond donors (Lipinski definition) is 0. The average molecular weight is 464 g/mol. The van der Waals surface area contributed by atoms with E-state index in [0.717, 1.165) is 11.3 Å². The Kier molecular flexibility index (Phi) is 6.27. The maximum Gasteiger partial charge on any atom is 0.173 e. The van der Waals surface area contributed by atoms with Crippen molar-refractivity contribution in [2.75, 3.05) is 31.1 Å². The monoisotopic (exact) mass is 464 g/mol. The highest BCUT2D eigenvalue weighted by Crippen LogP contribution is 2.31. The van der Waals surface area contributed by atoms with E-state index < -0.39 is 6.04 Å². The number of piperazine rings is 1. The first-order chi connectivity index (χ1) is 16.6. The van der Waals surface area contributed by atoms with Crippen molar-refractivity contribution in [3.8, 4) is 0 Å². The maximum atomic E-state index is 15.0. The summed E-state index contributed by atoms with van der Waals surface area (Å²) in [6.45, 7) is 2.99. The highest BCUT2D eigenvalue weighted by atomic mass is 19.1. The van der Waals surface area contributed by atoms with Crippen molar-refractivity contribution in [2.24, 2.45) is 0 Å². The minimum absolute atomic E-state index is 0.269. The van der Waals surface area contributed by atoms with Crippen LogP contribution in [0.3, 0.4) is 0 Å². The van der Waals surface area contributed by atoms with Crippen LogP contribution in [0.5, 0.6) is 0 Å². The average Bonchev–Trinajstić information content (AvgIpc) is 3.30. The molecule has 1 saturated heterocycles. The van der Waals surface area contributed by atoms with Gasteiger partial charge in [0.05, 0.1) is 6.54 Å². The second-order valence-corrected chi connectivity index (χ2v) is 8.24. The van der Waals surface area contributed by atoms with Gasteiger partial charge in [0.2, 0.25) is 0 Å². The molecule has 9 heteroatoms. The molecule has 0 unspecified atom stereocenters. The van der Waals surface area contributed by atoms with Crippen LogP contribution in [0.4, 0.5) is 18.9 Å². The van der Waals surface area contributed by atoms with Crippen LogP contribution in [0.25, 0.3) is 0 Å². The van der Waals surface area contributed by atoms with Gasteiger partial charge in [-0.05, 0) is 58.5 Å². The Morgan fingerprint density at radius 2 is 1.41 bits per heavy atom. The Balaban J connectivity index is 1.43. The Bertz CT molecular complexity index is 1230. The van der Waals surface area contributed by atoms with Crippen molar-refractivity contribution in [1.29, 1.82) is 0 Å².